The molecule has 7 heteroatoms. The Morgan fingerprint density at radius 1 is 1.10 bits per heavy atom. The van der Waals surface area contributed by atoms with Crippen molar-refractivity contribution in [3.63, 3.8) is 0 Å². The third kappa shape index (κ3) is 3.41. The zero-order valence-corrected chi connectivity index (χ0v) is 12.0. The molecule has 0 fully saturated rings. The van der Waals surface area contributed by atoms with E-state index < -0.39 is 11.7 Å². The second kappa shape index (κ2) is 5.70. The van der Waals surface area contributed by atoms with Crippen LogP contribution in [0.2, 0.25) is 0 Å². The highest BCUT2D eigenvalue weighted by Gasteiger charge is 2.30. The van der Waals surface area contributed by atoms with E-state index >= 15 is 0 Å². The number of benzene rings is 1. The number of nitrogens with zero attached hydrogens (tertiary/aromatic N) is 1. The summed E-state index contributed by atoms with van der Waals surface area (Å²) in [6.45, 7) is 0. The van der Waals surface area contributed by atoms with Gasteiger partial charge in [-0.3, -0.25) is 4.98 Å². The fourth-order valence-electron chi connectivity index (χ4n) is 1.60. The van der Waals surface area contributed by atoms with Gasteiger partial charge in [-0.05, 0) is 40.2 Å². The van der Waals surface area contributed by atoms with Crippen molar-refractivity contribution in [3.05, 3.63) is 46.7 Å². The van der Waals surface area contributed by atoms with Gasteiger partial charge in [0.15, 0.2) is 0 Å². The van der Waals surface area contributed by atoms with E-state index in [1.165, 1.54) is 12.3 Å². The Bertz CT molecular complexity index is 614. The van der Waals surface area contributed by atoms with Gasteiger partial charge >= 0.3 is 6.18 Å². The van der Waals surface area contributed by atoms with Crippen LogP contribution in [-0.2, 0) is 6.18 Å². The van der Waals surface area contributed by atoms with Gasteiger partial charge in [0.25, 0.3) is 0 Å². The van der Waals surface area contributed by atoms with Crippen molar-refractivity contribution in [2.24, 2.45) is 0 Å². The van der Waals surface area contributed by atoms with E-state index in [0.717, 1.165) is 17.8 Å². The third-order valence-corrected chi connectivity index (χ3v) is 3.29. The van der Waals surface area contributed by atoms with Gasteiger partial charge in [0, 0.05) is 11.5 Å². The molecule has 20 heavy (non-hydrogen) atoms. The van der Waals surface area contributed by atoms with Crippen LogP contribution >= 0.6 is 15.9 Å². The van der Waals surface area contributed by atoms with Crippen LogP contribution in [0.3, 0.4) is 0 Å². The second-order valence-electron chi connectivity index (χ2n) is 4.03. The Morgan fingerprint density at radius 2 is 1.80 bits per heavy atom. The van der Waals surface area contributed by atoms with E-state index in [2.05, 4.69) is 31.5 Å². The van der Waals surface area contributed by atoms with Gasteiger partial charge in [0.2, 0.25) is 0 Å². The predicted octanol–water partition coefficient (Wildman–Crippen LogP) is 4.65. The van der Waals surface area contributed by atoms with E-state index in [1.807, 2.05) is 0 Å². The van der Waals surface area contributed by atoms with Crippen molar-refractivity contribution in [1.29, 1.82) is 0 Å². The van der Waals surface area contributed by atoms with Gasteiger partial charge in [0.1, 0.15) is 0 Å². The van der Waals surface area contributed by atoms with Crippen LogP contribution in [0.5, 0.6) is 0 Å². The van der Waals surface area contributed by atoms with Crippen molar-refractivity contribution < 1.29 is 13.2 Å². The Hall–Kier alpha value is -1.76. The minimum Gasteiger partial charge on any atom is -0.387 e. The Kier molecular flexibility index (Phi) is 4.17. The number of halogens is 4. The van der Waals surface area contributed by atoms with Crippen LogP contribution < -0.4 is 10.6 Å². The van der Waals surface area contributed by atoms with Gasteiger partial charge in [-0.1, -0.05) is 0 Å². The fourth-order valence-corrected chi connectivity index (χ4v) is 1.94. The van der Waals surface area contributed by atoms with Crippen molar-refractivity contribution in [2.75, 3.05) is 17.7 Å². The molecular weight excluding hydrogens is 335 g/mol. The summed E-state index contributed by atoms with van der Waals surface area (Å²) >= 11 is 3.22. The number of hydrogen-bond donors (Lipinski definition) is 2. The lowest BCUT2D eigenvalue weighted by molar-refractivity contribution is -0.137. The summed E-state index contributed by atoms with van der Waals surface area (Å²) in [4.78, 5) is 3.99. The van der Waals surface area contributed by atoms with Crippen molar-refractivity contribution in [2.45, 2.75) is 6.18 Å². The molecule has 1 aromatic carbocycles. The lowest BCUT2D eigenvalue weighted by atomic mass is 10.2. The monoisotopic (exact) mass is 345 g/mol. The van der Waals surface area contributed by atoms with E-state index in [9.17, 15) is 13.2 Å². The topological polar surface area (TPSA) is 37.0 Å². The molecule has 0 unspecified atom stereocenters. The Morgan fingerprint density at radius 3 is 2.45 bits per heavy atom. The van der Waals surface area contributed by atoms with Crippen molar-refractivity contribution in [1.82, 2.24) is 4.98 Å². The standard InChI is InChI=1S/C13H11BrF3N3/c1-18-9-5-10(7-19-6-9)20-12-4-8(13(15,16)17)2-3-11(12)14/h2-7,18,20H,1H3. The smallest absolute Gasteiger partial charge is 0.387 e. The summed E-state index contributed by atoms with van der Waals surface area (Å²) in [5.74, 6) is 0. The highest BCUT2D eigenvalue weighted by Crippen LogP contribution is 2.35. The second-order valence-corrected chi connectivity index (χ2v) is 4.88. The highest BCUT2D eigenvalue weighted by molar-refractivity contribution is 9.10. The van der Waals surface area contributed by atoms with Crippen LogP contribution in [0.15, 0.2) is 41.1 Å². The van der Waals surface area contributed by atoms with Crippen molar-refractivity contribution in [3.8, 4) is 0 Å². The number of alkyl halides is 3. The number of aromatic nitrogens is 1. The number of nitrogens with one attached hydrogen (secondary N) is 2. The summed E-state index contributed by atoms with van der Waals surface area (Å²) in [7, 11) is 1.74. The number of hydrogen-bond acceptors (Lipinski definition) is 3. The molecule has 0 spiro atoms. The molecule has 2 aromatic rings. The third-order valence-electron chi connectivity index (χ3n) is 2.60. The normalized spacial score (nSPS) is 11.2. The number of pyridine rings is 1. The quantitative estimate of drug-likeness (QED) is 0.850. The lowest BCUT2D eigenvalue weighted by Crippen LogP contribution is -2.05. The summed E-state index contributed by atoms with van der Waals surface area (Å²) in [6, 6.07) is 5.19. The molecule has 0 aliphatic carbocycles. The molecule has 0 aliphatic heterocycles. The first kappa shape index (κ1) is 14.6. The first-order valence-corrected chi connectivity index (χ1v) is 6.46. The molecule has 0 bridgehead atoms. The molecular formula is C13H11BrF3N3. The molecule has 0 saturated carbocycles. The van der Waals surface area contributed by atoms with Crippen LogP contribution in [0.4, 0.5) is 30.2 Å². The highest BCUT2D eigenvalue weighted by atomic mass is 79.9. The predicted molar refractivity (Wildman–Crippen MR) is 76.2 cm³/mol. The largest absolute Gasteiger partial charge is 0.416 e. The summed E-state index contributed by atoms with van der Waals surface area (Å²) < 4.78 is 38.6. The molecule has 0 atom stereocenters. The van der Waals surface area contributed by atoms with Crippen LogP contribution in [0, 0.1) is 0 Å². The molecule has 0 amide bonds. The summed E-state index contributed by atoms with van der Waals surface area (Å²) in [6.07, 6.45) is -1.22. The average Bonchev–Trinajstić information content (AvgIpc) is 2.40. The van der Waals surface area contributed by atoms with E-state index in [-0.39, 0.29) is 0 Å². The first-order valence-electron chi connectivity index (χ1n) is 5.67. The molecule has 1 heterocycles. The molecule has 3 nitrogen and oxygen atoms in total. The maximum atomic E-state index is 12.7. The van der Waals surface area contributed by atoms with E-state index in [0.29, 0.717) is 15.8 Å². The molecule has 106 valence electrons. The average molecular weight is 346 g/mol. The van der Waals surface area contributed by atoms with Gasteiger partial charge in [0.05, 0.1) is 35.0 Å². The van der Waals surface area contributed by atoms with Gasteiger partial charge in [-0.15, -0.1) is 0 Å². The fraction of sp³-hybridized carbons (Fsp3) is 0.154. The van der Waals surface area contributed by atoms with Crippen molar-refractivity contribution >= 4 is 33.0 Å². The van der Waals surface area contributed by atoms with E-state index in [1.54, 1.807) is 19.3 Å². The molecule has 0 aliphatic rings. The first-order chi connectivity index (χ1) is 9.40. The van der Waals surface area contributed by atoms with Crippen LogP contribution in [0.1, 0.15) is 5.56 Å². The molecule has 1 aromatic heterocycles. The van der Waals surface area contributed by atoms with Gasteiger partial charge in [-0.25, -0.2) is 0 Å². The lowest BCUT2D eigenvalue weighted by Gasteiger charge is -2.13. The maximum absolute atomic E-state index is 12.7. The molecule has 2 N–H and O–H groups in total. The Balaban J connectivity index is 2.32. The van der Waals surface area contributed by atoms with Gasteiger partial charge < -0.3 is 10.6 Å². The SMILES string of the molecule is CNc1cncc(Nc2cc(C(F)(F)F)ccc2Br)c1. The molecule has 0 radical (unpaired) electrons. The van der Waals surface area contributed by atoms with E-state index in [4.69, 9.17) is 0 Å². The Labute approximate surface area is 122 Å². The zero-order valence-electron chi connectivity index (χ0n) is 10.4. The maximum Gasteiger partial charge on any atom is 0.416 e. The minimum atomic E-state index is -4.37. The van der Waals surface area contributed by atoms with Crippen LogP contribution in [-0.4, -0.2) is 12.0 Å². The summed E-state index contributed by atoms with van der Waals surface area (Å²) in [5.41, 5.74) is 0.978. The molecule has 2 rings (SSSR count). The van der Waals surface area contributed by atoms with Crippen LogP contribution in [0.25, 0.3) is 0 Å². The minimum absolute atomic E-state index is 0.329. The number of rotatable bonds is 3. The molecule has 0 saturated heterocycles. The summed E-state index contributed by atoms with van der Waals surface area (Å²) in [5, 5.41) is 5.82. The van der Waals surface area contributed by atoms with Gasteiger partial charge in [-0.2, -0.15) is 13.2 Å². The zero-order chi connectivity index (χ0) is 14.8. The number of anilines is 3.